The molecule has 3 aromatic rings. The summed E-state index contributed by atoms with van der Waals surface area (Å²) in [7, 11) is 0. The fraction of sp³-hybridized carbons (Fsp3) is 0.235. The van der Waals surface area contributed by atoms with Crippen LogP contribution in [0.25, 0.3) is 10.8 Å². The molecule has 21 heavy (non-hydrogen) atoms. The zero-order valence-electron chi connectivity index (χ0n) is 11.8. The van der Waals surface area contributed by atoms with Crippen molar-refractivity contribution in [2.75, 3.05) is 0 Å². The van der Waals surface area contributed by atoms with E-state index in [9.17, 15) is 5.11 Å². The first kappa shape index (κ1) is 14.3. The Morgan fingerprint density at radius 1 is 1.14 bits per heavy atom. The van der Waals surface area contributed by atoms with Crippen LogP contribution in [0.4, 0.5) is 0 Å². The first-order valence-electron chi connectivity index (χ1n) is 7.07. The number of nitrogens with zero attached hydrogens (tertiary/aromatic N) is 2. The molecule has 2 aromatic carbocycles. The van der Waals surface area contributed by atoms with Crippen LogP contribution in [0.2, 0.25) is 0 Å². The summed E-state index contributed by atoms with van der Waals surface area (Å²) in [5.41, 5.74) is 1.72. The van der Waals surface area contributed by atoms with E-state index in [1.54, 1.807) is 6.20 Å². The summed E-state index contributed by atoms with van der Waals surface area (Å²) in [6, 6.07) is 12.2. The van der Waals surface area contributed by atoms with E-state index in [1.807, 2.05) is 35.1 Å². The highest BCUT2D eigenvalue weighted by atomic mass is 79.9. The molecule has 0 aliphatic rings. The van der Waals surface area contributed by atoms with Gasteiger partial charge in [0.25, 0.3) is 0 Å². The van der Waals surface area contributed by atoms with Crippen molar-refractivity contribution in [1.82, 2.24) is 9.78 Å². The highest BCUT2D eigenvalue weighted by Crippen LogP contribution is 2.26. The van der Waals surface area contributed by atoms with Gasteiger partial charge in [-0.15, -0.1) is 0 Å². The average molecular weight is 345 g/mol. The van der Waals surface area contributed by atoms with E-state index in [0.717, 1.165) is 39.3 Å². The Bertz CT molecular complexity index is 766. The number of hydrogen-bond acceptors (Lipinski definition) is 2. The van der Waals surface area contributed by atoms with Crippen LogP contribution in [0.5, 0.6) is 0 Å². The molecule has 4 heteroatoms. The summed E-state index contributed by atoms with van der Waals surface area (Å²) in [6.45, 7) is 2.98. The van der Waals surface area contributed by atoms with E-state index in [0.29, 0.717) is 0 Å². The van der Waals surface area contributed by atoms with Crippen LogP contribution in [0.1, 0.15) is 30.6 Å². The lowest BCUT2D eigenvalue weighted by atomic mass is 10.0. The van der Waals surface area contributed by atoms with E-state index in [1.165, 1.54) is 0 Å². The third-order valence-electron chi connectivity index (χ3n) is 3.56. The summed E-state index contributed by atoms with van der Waals surface area (Å²) in [6.07, 6.45) is 4.05. The number of aromatic nitrogens is 2. The fourth-order valence-corrected chi connectivity index (χ4v) is 2.85. The standard InChI is InChI=1S/C17H17BrN2O/c1-2-7-20-11-15(10-19-20)17(21)14-4-3-13-9-16(18)6-5-12(13)8-14/h3-6,8-11,17,21H,2,7H2,1H3. The van der Waals surface area contributed by atoms with Gasteiger partial charge in [0.15, 0.2) is 0 Å². The monoisotopic (exact) mass is 344 g/mol. The Morgan fingerprint density at radius 3 is 2.71 bits per heavy atom. The zero-order chi connectivity index (χ0) is 14.8. The minimum Gasteiger partial charge on any atom is -0.384 e. The van der Waals surface area contributed by atoms with Crippen LogP contribution in [0, 0.1) is 0 Å². The third-order valence-corrected chi connectivity index (χ3v) is 4.06. The van der Waals surface area contributed by atoms with Gasteiger partial charge in [0.1, 0.15) is 6.10 Å². The van der Waals surface area contributed by atoms with E-state index >= 15 is 0 Å². The van der Waals surface area contributed by atoms with Crippen LogP contribution in [-0.2, 0) is 6.54 Å². The minimum absolute atomic E-state index is 0.636. The molecule has 1 N–H and O–H groups in total. The topological polar surface area (TPSA) is 38.0 Å². The van der Waals surface area contributed by atoms with Gasteiger partial charge in [-0.25, -0.2) is 0 Å². The SMILES string of the molecule is CCCn1cc(C(O)c2ccc3cc(Br)ccc3c2)cn1. The van der Waals surface area contributed by atoms with Crippen molar-refractivity contribution in [3.63, 3.8) is 0 Å². The molecule has 0 bridgehead atoms. The molecule has 0 aliphatic heterocycles. The predicted octanol–water partition coefficient (Wildman–Crippen LogP) is 4.29. The summed E-state index contributed by atoms with van der Waals surface area (Å²) < 4.78 is 2.93. The maximum atomic E-state index is 10.5. The second kappa shape index (κ2) is 6.00. The number of aliphatic hydroxyl groups is 1. The normalized spacial score (nSPS) is 12.7. The summed E-state index contributed by atoms with van der Waals surface area (Å²) >= 11 is 3.47. The number of halogens is 1. The summed E-state index contributed by atoms with van der Waals surface area (Å²) in [5, 5.41) is 17.1. The lowest BCUT2D eigenvalue weighted by molar-refractivity contribution is 0.220. The van der Waals surface area contributed by atoms with Crippen molar-refractivity contribution in [3.8, 4) is 0 Å². The molecule has 108 valence electrons. The second-order valence-electron chi connectivity index (χ2n) is 5.19. The van der Waals surface area contributed by atoms with Gasteiger partial charge in [-0.05, 0) is 41.0 Å². The van der Waals surface area contributed by atoms with Gasteiger partial charge in [-0.1, -0.05) is 41.1 Å². The van der Waals surface area contributed by atoms with Crippen molar-refractivity contribution in [3.05, 3.63) is 64.4 Å². The van der Waals surface area contributed by atoms with Gasteiger partial charge in [0, 0.05) is 22.8 Å². The molecular weight excluding hydrogens is 328 g/mol. The molecule has 1 aromatic heterocycles. The molecule has 1 heterocycles. The van der Waals surface area contributed by atoms with Gasteiger partial charge in [-0.2, -0.15) is 5.10 Å². The Labute approximate surface area is 132 Å². The van der Waals surface area contributed by atoms with Crippen LogP contribution in [0.3, 0.4) is 0 Å². The molecule has 1 atom stereocenters. The van der Waals surface area contributed by atoms with Gasteiger partial charge in [-0.3, -0.25) is 4.68 Å². The van der Waals surface area contributed by atoms with Crippen molar-refractivity contribution < 1.29 is 5.11 Å². The number of aliphatic hydroxyl groups excluding tert-OH is 1. The van der Waals surface area contributed by atoms with Gasteiger partial charge < -0.3 is 5.11 Å². The first-order valence-corrected chi connectivity index (χ1v) is 7.86. The smallest absolute Gasteiger partial charge is 0.107 e. The Morgan fingerprint density at radius 2 is 1.90 bits per heavy atom. The lowest BCUT2D eigenvalue weighted by Crippen LogP contribution is -1.99. The largest absolute Gasteiger partial charge is 0.384 e. The highest BCUT2D eigenvalue weighted by Gasteiger charge is 2.13. The van der Waals surface area contributed by atoms with Crippen molar-refractivity contribution in [2.24, 2.45) is 0 Å². The number of fused-ring (bicyclic) bond motifs is 1. The maximum Gasteiger partial charge on any atom is 0.107 e. The third kappa shape index (κ3) is 3.01. The molecule has 3 nitrogen and oxygen atoms in total. The molecule has 0 amide bonds. The first-order chi connectivity index (χ1) is 10.2. The highest BCUT2D eigenvalue weighted by molar-refractivity contribution is 9.10. The molecular formula is C17H17BrN2O. The van der Waals surface area contributed by atoms with Crippen LogP contribution in [0.15, 0.2) is 53.3 Å². The number of benzene rings is 2. The van der Waals surface area contributed by atoms with Crippen molar-refractivity contribution >= 4 is 26.7 Å². The zero-order valence-corrected chi connectivity index (χ0v) is 13.4. The quantitative estimate of drug-likeness (QED) is 0.766. The minimum atomic E-state index is -0.636. The molecule has 0 aliphatic carbocycles. The number of rotatable bonds is 4. The molecule has 0 saturated heterocycles. The Kier molecular flexibility index (Phi) is 4.08. The summed E-state index contributed by atoms with van der Waals surface area (Å²) in [4.78, 5) is 0. The molecule has 0 fully saturated rings. The van der Waals surface area contributed by atoms with Crippen molar-refractivity contribution in [2.45, 2.75) is 26.0 Å². The molecule has 0 radical (unpaired) electrons. The number of hydrogen-bond donors (Lipinski definition) is 1. The van der Waals surface area contributed by atoms with Crippen LogP contribution < -0.4 is 0 Å². The van der Waals surface area contributed by atoms with Gasteiger partial charge >= 0.3 is 0 Å². The van der Waals surface area contributed by atoms with Crippen LogP contribution >= 0.6 is 15.9 Å². The molecule has 1 unspecified atom stereocenters. The van der Waals surface area contributed by atoms with Gasteiger partial charge in [0.05, 0.1) is 6.20 Å². The van der Waals surface area contributed by atoms with E-state index in [2.05, 4.69) is 40.1 Å². The lowest BCUT2D eigenvalue weighted by Gasteiger charge is -2.10. The Hall–Kier alpha value is -1.65. The summed E-state index contributed by atoms with van der Waals surface area (Å²) in [5.74, 6) is 0. The molecule has 0 spiro atoms. The Balaban J connectivity index is 1.92. The number of aryl methyl sites for hydroxylation is 1. The van der Waals surface area contributed by atoms with E-state index in [4.69, 9.17) is 0 Å². The van der Waals surface area contributed by atoms with Crippen molar-refractivity contribution in [1.29, 1.82) is 0 Å². The van der Waals surface area contributed by atoms with Crippen LogP contribution in [-0.4, -0.2) is 14.9 Å². The van der Waals surface area contributed by atoms with Gasteiger partial charge in [0.2, 0.25) is 0 Å². The molecule has 3 rings (SSSR count). The van der Waals surface area contributed by atoms with E-state index in [-0.39, 0.29) is 0 Å². The average Bonchev–Trinajstić information content (AvgIpc) is 2.95. The second-order valence-corrected chi connectivity index (χ2v) is 6.11. The van der Waals surface area contributed by atoms with E-state index < -0.39 is 6.10 Å². The molecule has 0 saturated carbocycles. The maximum absolute atomic E-state index is 10.5. The fourth-order valence-electron chi connectivity index (χ4n) is 2.47. The predicted molar refractivity (Wildman–Crippen MR) is 88.2 cm³/mol.